The van der Waals surface area contributed by atoms with Crippen LogP contribution in [0.2, 0.25) is 0 Å². The predicted molar refractivity (Wildman–Crippen MR) is 90.0 cm³/mol. The highest BCUT2D eigenvalue weighted by molar-refractivity contribution is 5.70. The molecule has 3 rings (SSSR count). The number of nitrogens with zero attached hydrogens (tertiary/aromatic N) is 4. The van der Waals surface area contributed by atoms with Gasteiger partial charge in [-0.05, 0) is 24.3 Å². The molecular weight excluding hydrogens is 321 g/mol. The smallest absolute Gasteiger partial charge is 0.237 e. The number of benzene rings is 1. The fraction of sp³-hybridized carbons (Fsp3) is 0.111. The zero-order valence-corrected chi connectivity index (χ0v) is 13.2. The molecular formula is C18H14FN5O. The third-order valence-electron chi connectivity index (χ3n) is 3.43. The summed E-state index contributed by atoms with van der Waals surface area (Å²) in [5.41, 5.74) is 7.36. The van der Waals surface area contributed by atoms with Crippen molar-refractivity contribution < 1.29 is 9.13 Å². The summed E-state index contributed by atoms with van der Waals surface area (Å²) in [6, 6.07) is 13.4. The van der Waals surface area contributed by atoms with Crippen molar-refractivity contribution in [3.8, 4) is 23.2 Å². The van der Waals surface area contributed by atoms with Gasteiger partial charge < -0.3 is 10.5 Å². The molecule has 0 bridgehead atoms. The van der Waals surface area contributed by atoms with Crippen molar-refractivity contribution in [3.63, 3.8) is 0 Å². The minimum absolute atomic E-state index is 0.0499. The molecule has 7 heteroatoms. The third kappa shape index (κ3) is 3.87. The van der Waals surface area contributed by atoms with Gasteiger partial charge >= 0.3 is 0 Å². The van der Waals surface area contributed by atoms with E-state index in [0.29, 0.717) is 12.0 Å². The molecule has 0 spiro atoms. The van der Waals surface area contributed by atoms with Crippen LogP contribution in [0.15, 0.2) is 48.7 Å². The number of nitriles is 1. The number of hydrogen-bond donors (Lipinski definition) is 1. The molecule has 2 aromatic heterocycles. The zero-order valence-electron chi connectivity index (χ0n) is 13.2. The summed E-state index contributed by atoms with van der Waals surface area (Å²) < 4.78 is 19.1. The van der Waals surface area contributed by atoms with E-state index >= 15 is 0 Å². The minimum Gasteiger partial charge on any atom is -0.476 e. The molecule has 25 heavy (non-hydrogen) atoms. The minimum atomic E-state index is -0.434. The van der Waals surface area contributed by atoms with Crippen LogP contribution >= 0.6 is 0 Å². The Morgan fingerprint density at radius 3 is 2.76 bits per heavy atom. The average molecular weight is 335 g/mol. The lowest BCUT2D eigenvalue weighted by molar-refractivity contribution is 0.307. The molecule has 3 aromatic rings. The molecule has 0 saturated carbocycles. The van der Waals surface area contributed by atoms with Gasteiger partial charge in [-0.2, -0.15) is 10.2 Å². The van der Waals surface area contributed by atoms with E-state index in [1.54, 1.807) is 12.3 Å². The van der Waals surface area contributed by atoms with E-state index < -0.39 is 5.82 Å². The first-order chi connectivity index (χ1) is 12.2. The summed E-state index contributed by atoms with van der Waals surface area (Å²) in [7, 11) is 0. The summed E-state index contributed by atoms with van der Waals surface area (Å²) in [5, 5.41) is 9.48. The number of pyridine rings is 1. The van der Waals surface area contributed by atoms with E-state index in [1.165, 1.54) is 18.2 Å². The Morgan fingerprint density at radius 2 is 2.04 bits per heavy atom. The number of ether oxygens (including phenoxy) is 1. The Hall–Kier alpha value is -3.53. The normalized spacial score (nSPS) is 10.2. The highest BCUT2D eigenvalue weighted by Crippen LogP contribution is 2.28. The summed E-state index contributed by atoms with van der Waals surface area (Å²) in [5.74, 6) is -0.410. The Morgan fingerprint density at radius 1 is 1.16 bits per heavy atom. The van der Waals surface area contributed by atoms with E-state index in [4.69, 9.17) is 10.5 Å². The summed E-state index contributed by atoms with van der Waals surface area (Å²) in [6.45, 7) is 0.269. The van der Waals surface area contributed by atoms with E-state index in [-0.39, 0.29) is 29.7 Å². The van der Waals surface area contributed by atoms with Crippen LogP contribution in [0.25, 0.3) is 11.3 Å². The van der Waals surface area contributed by atoms with Gasteiger partial charge in [0, 0.05) is 23.9 Å². The molecule has 2 N–H and O–H groups in total. The quantitative estimate of drug-likeness (QED) is 0.770. The predicted octanol–water partition coefficient (Wildman–Crippen LogP) is 2.75. The largest absolute Gasteiger partial charge is 0.476 e. The molecule has 0 radical (unpaired) electrons. The van der Waals surface area contributed by atoms with Crippen LogP contribution in [0, 0.1) is 17.1 Å². The van der Waals surface area contributed by atoms with Crippen molar-refractivity contribution in [2.45, 2.75) is 6.42 Å². The fourth-order valence-electron chi connectivity index (χ4n) is 2.30. The molecule has 6 nitrogen and oxygen atoms in total. The monoisotopic (exact) mass is 335 g/mol. The van der Waals surface area contributed by atoms with Gasteiger partial charge in [0.05, 0.1) is 12.3 Å². The highest BCUT2D eigenvalue weighted by atomic mass is 19.1. The SMILES string of the molecule is N#Cc1c(OCCc2ccccn2)nc(N)nc1-c1cccc(F)c1. The molecule has 0 saturated heterocycles. The second-order valence-corrected chi connectivity index (χ2v) is 5.15. The maximum atomic E-state index is 13.5. The third-order valence-corrected chi connectivity index (χ3v) is 3.43. The van der Waals surface area contributed by atoms with E-state index in [9.17, 15) is 9.65 Å². The van der Waals surface area contributed by atoms with Crippen LogP contribution in [0.1, 0.15) is 11.3 Å². The van der Waals surface area contributed by atoms with Crippen molar-refractivity contribution in [1.29, 1.82) is 5.26 Å². The van der Waals surface area contributed by atoms with Crippen molar-refractivity contribution in [2.24, 2.45) is 0 Å². The lowest BCUT2D eigenvalue weighted by Crippen LogP contribution is -2.09. The summed E-state index contributed by atoms with van der Waals surface area (Å²) in [6.07, 6.45) is 2.24. The van der Waals surface area contributed by atoms with E-state index in [1.807, 2.05) is 24.3 Å². The molecule has 1 aromatic carbocycles. The number of halogens is 1. The van der Waals surface area contributed by atoms with Gasteiger partial charge in [-0.25, -0.2) is 9.37 Å². The topological polar surface area (TPSA) is 97.7 Å². The van der Waals surface area contributed by atoms with Crippen molar-refractivity contribution in [3.05, 3.63) is 65.7 Å². The van der Waals surface area contributed by atoms with Crippen molar-refractivity contribution >= 4 is 5.95 Å². The van der Waals surface area contributed by atoms with Gasteiger partial charge in [0.15, 0.2) is 0 Å². The highest BCUT2D eigenvalue weighted by Gasteiger charge is 2.17. The first-order valence-electron chi connectivity index (χ1n) is 7.53. The molecule has 124 valence electrons. The summed E-state index contributed by atoms with van der Waals surface area (Å²) in [4.78, 5) is 12.3. The Labute approximate surface area is 143 Å². The second-order valence-electron chi connectivity index (χ2n) is 5.15. The van der Waals surface area contributed by atoms with Gasteiger partial charge in [-0.1, -0.05) is 18.2 Å². The van der Waals surface area contributed by atoms with Gasteiger partial charge in [0.1, 0.15) is 17.4 Å². The molecule has 0 unspecified atom stereocenters. The summed E-state index contributed by atoms with van der Waals surface area (Å²) >= 11 is 0. The molecule has 0 amide bonds. The molecule has 0 aliphatic rings. The van der Waals surface area contributed by atoms with Gasteiger partial charge in [-0.3, -0.25) is 4.98 Å². The van der Waals surface area contributed by atoms with Crippen LogP contribution < -0.4 is 10.5 Å². The fourth-order valence-corrected chi connectivity index (χ4v) is 2.30. The zero-order chi connectivity index (χ0) is 17.6. The van der Waals surface area contributed by atoms with Crippen LogP contribution in [-0.4, -0.2) is 21.6 Å². The number of rotatable bonds is 5. The second kappa shape index (κ2) is 7.36. The first-order valence-corrected chi connectivity index (χ1v) is 7.53. The number of nitrogens with two attached hydrogens (primary N) is 1. The van der Waals surface area contributed by atoms with Crippen molar-refractivity contribution in [1.82, 2.24) is 15.0 Å². The molecule has 0 aliphatic heterocycles. The van der Waals surface area contributed by atoms with E-state index in [2.05, 4.69) is 15.0 Å². The molecule has 0 aliphatic carbocycles. The number of nitrogen functional groups attached to an aromatic ring is 1. The van der Waals surface area contributed by atoms with Crippen LogP contribution in [0.3, 0.4) is 0 Å². The molecule has 0 fully saturated rings. The first kappa shape index (κ1) is 16.3. The van der Waals surface area contributed by atoms with Gasteiger partial charge in [0.2, 0.25) is 11.8 Å². The maximum absolute atomic E-state index is 13.5. The lowest BCUT2D eigenvalue weighted by Gasteiger charge is -2.11. The van der Waals surface area contributed by atoms with Crippen molar-refractivity contribution in [2.75, 3.05) is 12.3 Å². The standard InChI is InChI=1S/C18H14FN5O/c19-13-5-3-4-12(10-13)16-15(11-20)17(24-18(21)23-16)25-9-7-14-6-1-2-8-22-14/h1-6,8,10H,7,9H2,(H2,21,23,24). The van der Waals surface area contributed by atoms with Gasteiger partial charge in [0.25, 0.3) is 0 Å². The van der Waals surface area contributed by atoms with Gasteiger partial charge in [-0.15, -0.1) is 0 Å². The Bertz CT molecular complexity index is 924. The van der Waals surface area contributed by atoms with Crippen LogP contribution in [0.5, 0.6) is 5.88 Å². The number of anilines is 1. The molecule has 0 atom stereocenters. The lowest BCUT2D eigenvalue weighted by atomic mass is 10.1. The number of aromatic nitrogens is 3. The van der Waals surface area contributed by atoms with Crippen LogP contribution in [-0.2, 0) is 6.42 Å². The molecule has 2 heterocycles. The van der Waals surface area contributed by atoms with Crippen LogP contribution in [0.4, 0.5) is 10.3 Å². The number of hydrogen-bond acceptors (Lipinski definition) is 6. The Kier molecular flexibility index (Phi) is 4.81. The van der Waals surface area contributed by atoms with E-state index in [0.717, 1.165) is 5.69 Å². The Balaban J connectivity index is 1.88. The average Bonchev–Trinajstić information content (AvgIpc) is 2.62. The maximum Gasteiger partial charge on any atom is 0.237 e.